The van der Waals surface area contributed by atoms with Gasteiger partial charge in [0.15, 0.2) is 0 Å². The standard InChI is InChI=1S/C11H14FNO/c12-10(7-13)6-8-1-2-11-9(5-8)3-4-14-11/h1-2,5,10H,3-4,6-7,13H2. The van der Waals surface area contributed by atoms with Gasteiger partial charge in [-0.25, -0.2) is 4.39 Å². The molecule has 0 aliphatic carbocycles. The van der Waals surface area contributed by atoms with Crippen LogP contribution >= 0.6 is 0 Å². The fourth-order valence-corrected chi connectivity index (χ4v) is 1.71. The van der Waals surface area contributed by atoms with Crippen molar-refractivity contribution in [2.24, 2.45) is 5.73 Å². The van der Waals surface area contributed by atoms with Gasteiger partial charge < -0.3 is 10.5 Å². The van der Waals surface area contributed by atoms with Crippen molar-refractivity contribution in [3.05, 3.63) is 29.3 Å². The van der Waals surface area contributed by atoms with Crippen molar-refractivity contribution in [2.45, 2.75) is 19.0 Å². The molecule has 0 saturated heterocycles. The Balaban J connectivity index is 2.12. The number of halogens is 1. The fourth-order valence-electron chi connectivity index (χ4n) is 1.71. The zero-order chi connectivity index (χ0) is 9.97. The number of hydrogen-bond acceptors (Lipinski definition) is 2. The normalized spacial score (nSPS) is 16.1. The van der Waals surface area contributed by atoms with Crippen LogP contribution in [-0.2, 0) is 12.8 Å². The third-order valence-corrected chi connectivity index (χ3v) is 2.47. The summed E-state index contributed by atoms with van der Waals surface area (Å²) in [5.41, 5.74) is 7.43. The first-order valence-electron chi connectivity index (χ1n) is 4.88. The molecule has 0 fully saturated rings. The van der Waals surface area contributed by atoms with Crippen LogP contribution in [0.1, 0.15) is 11.1 Å². The molecule has 2 nitrogen and oxygen atoms in total. The third-order valence-electron chi connectivity index (χ3n) is 2.47. The number of ether oxygens (including phenoxy) is 1. The minimum Gasteiger partial charge on any atom is -0.493 e. The number of nitrogens with two attached hydrogens (primary N) is 1. The molecule has 76 valence electrons. The average molecular weight is 195 g/mol. The van der Waals surface area contributed by atoms with Gasteiger partial charge in [0, 0.05) is 19.4 Å². The molecule has 1 aromatic carbocycles. The van der Waals surface area contributed by atoms with Crippen molar-refractivity contribution in [3.8, 4) is 5.75 Å². The van der Waals surface area contributed by atoms with Gasteiger partial charge in [-0.3, -0.25) is 0 Å². The van der Waals surface area contributed by atoms with E-state index in [2.05, 4.69) is 0 Å². The van der Waals surface area contributed by atoms with Gasteiger partial charge in [0.05, 0.1) is 6.61 Å². The first-order chi connectivity index (χ1) is 6.79. The lowest BCUT2D eigenvalue weighted by Gasteiger charge is -2.06. The highest BCUT2D eigenvalue weighted by molar-refractivity contribution is 5.39. The average Bonchev–Trinajstić information content (AvgIpc) is 2.64. The molecule has 1 heterocycles. The highest BCUT2D eigenvalue weighted by atomic mass is 19.1. The number of hydrogen-bond donors (Lipinski definition) is 1. The second-order valence-electron chi connectivity index (χ2n) is 3.58. The third kappa shape index (κ3) is 1.87. The maximum Gasteiger partial charge on any atom is 0.122 e. The van der Waals surface area contributed by atoms with Crippen molar-refractivity contribution in [1.29, 1.82) is 0 Å². The monoisotopic (exact) mass is 195 g/mol. The summed E-state index contributed by atoms with van der Waals surface area (Å²) in [7, 11) is 0. The number of rotatable bonds is 3. The molecule has 0 spiro atoms. The van der Waals surface area contributed by atoms with Gasteiger partial charge in [-0.1, -0.05) is 12.1 Å². The number of benzene rings is 1. The van der Waals surface area contributed by atoms with Crippen LogP contribution in [0.3, 0.4) is 0 Å². The van der Waals surface area contributed by atoms with E-state index in [0.717, 1.165) is 24.3 Å². The molecule has 1 unspecified atom stereocenters. The minimum absolute atomic E-state index is 0.0909. The lowest BCUT2D eigenvalue weighted by molar-refractivity contribution is 0.340. The molecule has 14 heavy (non-hydrogen) atoms. The Labute approximate surface area is 82.9 Å². The first kappa shape index (κ1) is 9.46. The molecule has 0 radical (unpaired) electrons. The predicted octanol–water partition coefficient (Wildman–Crippen LogP) is 1.46. The number of alkyl halides is 1. The van der Waals surface area contributed by atoms with Gasteiger partial charge in [0.2, 0.25) is 0 Å². The smallest absolute Gasteiger partial charge is 0.122 e. The van der Waals surface area contributed by atoms with Crippen LogP contribution in [0.5, 0.6) is 5.75 Å². The van der Waals surface area contributed by atoms with Crippen LogP contribution in [0.25, 0.3) is 0 Å². The maximum atomic E-state index is 13.0. The maximum absolute atomic E-state index is 13.0. The van der Waals surface area contributed by atoms with E-state index in [-0.39, 0.29) is 6.54 Å². The van der Waals surface area contributed by atoms with Crippen LogP contribution in [0.2, 0.25) is 0 Å². The summed E-state index contributed by atoms with van der Waals surface area (Å²) in [6.07, 6.45) is 0.405. The van der Waals surface area contributed by atoms with Crippen LogP contribution < -0.4 is 10.5 Å². The van der Waals surface area contributed by atoms with E-state index >= 15 is 0 Å². The van der Waals surface area contributed by atoms with Crippen LogP contribution in [0.15, 0.2) is 18.2 Å². The molecule has 2 N–H and O–H groups in total. The first-order valence-corrected chi connectivity index (χ1v) is 4.88. The largest absolute Gasteiger partial charge is 0.493 e. The zero-order valence-corrected chi connectivity index (χ0v) is 8.00. The molecule has 0 amide bonds. The predicted molar refractivity (Wildman–Crippen MR) is 53.3 cm³/mol. The Bertz CT molecular complexity index is 327. The second-order valence-corrected chi connectivity index (χ2v) is 3.58. The fraction of sp³-hybridized carbons (Fsp3) is 0.455. The van der Waals surface area contributed by atoms with E-state index in [9.17, 15) is 4.39 Å². The van der Waals surface area contributed by atoms with E-state index in [4.69, 9.17) is 10.5 Å². The minimum atomic E-state index is -0.935. The van der Waals surface area contributed by atoms with Gasteiger partial charge >= 0.3 is 0 Å². The Kier molecular flexibility index (Phi) is 2.68. The Morgan fingerprint density at radius 2 is 2.36 bits per heavy atom. The molecular weight excluding hydrogens is 181 g/mol. The summed E-state index contributed by atoms with van der Waals surface area (Å²) in [5.74, 6) is 0.942. The Morgan fingerprint density at radius 3 is 3.14 bits per heavy atom. The van der Waals surface area contributed by atoms with E-state index in [1.165, 1.54) is 5.56 Å². The quantitative estimate of drug-likeness (QED) is 0.792. The Hall–Kier alpha value is -1.09. The van der Waals surface area contributed by atoms with E-state index in [1.807, 2.05) is 18.2 Å². The molecular formula is C11H14FNO. The molecule has 2 rings (SSSR count). The summed E-state index contributed by atoms with van der Waals surface area (Å²) in [6, 6.07) is 5.85. The lowest BCUT2D eigenvalue weighted by Crippen LogP contribution is -2.17. The van der Waals surface area contributed by atoms with E-state index in [1.54, 1.807) is 0 Å². The molecule has 1 aliphatic rings. The zero-order valence-electron chi connectivity index (χ0n) is 8.00. The lowest BCUT2D eigenvalue weighted by atomic mass is 10.0. The van der Waals surface area contributed by atoms with Crippen molar-refractivity contribution >= 4 is 0 Å². The molecule has 1 aromatic rings. The second kappa shape index (κ2) is 3.96. The van der Waals surface area contributed by atoms with Crippen molar-refractivity contribution in [1.82, 2.24) is 0 Å². The van der Waals surface area contributed by atoms with Crippen LogP contribution in [0, 0.1) is 0 Å². The van der Waals surface area contributed by atoms with Gasteiger partial charge in [0.25, 0.3) is 0 Å². The molecule has 3 heteroatoms. The van der Waals surface area contributed by atoms with Crippen molar-refractivity contribution in [2.75, 3.05) is 13.2 Å². The van der Waals surface area contributed by atoms with Gasteiger partial charge in [-0.05, 0) is 17.2 Å². The molecule has 0 bridgehead atoms. The van der Waals surface area contributed by atoms with Crippen LogP contribution in [-0.4, -0.2) is 19.3 Å². The molecule has 0 saturated carbocycles. The van der Waals surface area contributed by atoms with Crippen molar-refractivity contribution < 1.29 is 9.13 Å². The summed E-state index contributed by atoms with van der Waals surface area (Å²) in [5, 5.41) is 0. The van der Waals surface area contributed by atoms with Gasteiger partial charge in [-0.2, -0.15) is 0 Å². The summed E-state index contributed by atoms with van der Waals surface area (Å²) in [4.78, 5) is 0. The van der Waals surface area contributed by atoms with Gasteiger partial charge in [0.1, 0.15) is 11.9 Å². The van der Waals surface area contributed by atoms with Crippen LogP contribution in [0.4, 0.5) is 4.39 Å². The summed E-state index contributed by atoms with van der Waals surface area (Å²) in [6.45, 7) is 0.836. The summed E-state index contributed by atoms with van der Waals surface area (Å²) < 4.78 is 18.4. The van der Waals surface area contributed by atoms with E-state index < -0.39 is 6.17 Å². The molecule has 1 atom stereocenters. The highest BCUT2D eigenvalue weighted by Gasteiger charge is 2.13. The molecule has 0 aromatic heterocycles. The Morgan fingerprint density at radius 1 is 1.50 bits per heavy atom. The number of fused-ring (bicyclic) bond motifs is 1. The van der Waals surface area contributed by atoms with Gasteiger partial charge in [-0.15, -0.1) is 0 Å². The highest BCUT2D eigenvalue weighted by Crippen LogP contribution is 2.26. The summed E-state index contributed by atoms with van der Waals surface area (Å²) >= 11 is 0. The molecule has 1 aliphatic heterocycles. The van der Waals surface area contributed by atoms with E-state index in [0.29, 0.717) is 6.42 Å². The van der Waals surface area contributed by atoms with Crippen molar-refractivity contribution in [3.63, 3.8) is 0 Å². The SMILES string of the molecule is NCC(F)Cc1ccc2c(c1)CCO2. The topological polar surface area (TPSA) is 35.2 Å².